The number of hydrogen-bond acceptors (Lipinski definition) is 3. The van der Waals surface area contributed by atoms with Gasteiger partial charge in [0.05, 0.1) is 16.4 Å². The Morgan fingerprint density at radius 2 is 2.05 bits per heavy atom. The Balaban J connectivity index is 2.31. The molecule has 3 aromatic rings. The standard InChI is InChI=1S/C14H16ClN5/c1-3-6-10-12-13(19(2)18-10)20(14(16)17-12)11-8-5-4-7-9(11)15/h4-5,7-8H,3,6H2,1-2H3,(H2,16,17). The highest BCUT2D eigenvalue weighted by Gasteiger charge is 2.19. The van der Waals surface area contributed by atoms with Crippen molar-refractivity contribution in [1.82, 2.24) is 19.3 Å². The number of nitrogens with two attached hydrogens (primary N) is 1. The molecule has 2 aromatic heterocycles. The predicted molar refractivity (Wildman–Crippen MR) is 81.3 cm³/mol. The van der Waals surface area contributed by atoms with E-state index in [1.807, 2.05) is 40.6 Å². The number of halogens is 1. The average Bonchev–Trinajstić information content (AvgIpc) is 2.89. The summed E-state index contributed by atoms with van der Waals surface area (Å²) in [5.41, 5.74) is 9.61. The van der Waals surface area contributed by atoms with E-state index in [1.165, 1.54) is 0 Å². The molecule has 0 bridgehead atoms. The van der Waals surface area contributed by atoms with Gasteiger partial charge in [-0.25, -0.2) is 9.67 Å². The Morgan fingerprint density at radius 3 is 2.75 bits per heavy atom. The molecule has 0 unspecified atom stereocenters. The first-order chi connectivity index (χ1) is 9.63. The maximum atomic E-state index is 6.27. The van der Waals surface area contributed by atoms with Gasteiger partial charge in [-0.2, -0.15) is 5.10 Å². The monoisotopic (exact) mass is 289 g/mol. The van der Waals surface area contributed by atoms with Crippen LogP contribution in [0.3, 0.4) is 0 Å². The van der Waals surface area contributed by atoms with Gasteiger partial charge in [0.15, 0.2) is 5.65 Å². The lowest BCUT2D eigenvalue weighted by molar-refractivity contribution is 0.738. The lowest BCUT2D eigenvalue weighted by Gasteiger charge is -2.08. The van der Waals surface area contributed by atoms with Crippen LogP contribution < -0.4 is 5.73 Å². The Kier molecular flexibility index (Phi) is 3.14. The molecule has 0 spiro atoms. The van der Waals surface area contributed by atoms with E-state index in [4.69, 9.17) is 17.3 Å². The molecule has 2 N–H and O–H groups in total. The summed E-state index contributed by atoms with van der Waals surface area (Å²) in [6.07, 6.45) is 1.90. The average molecular weight is 290 g/mol. The summed E-state index contributed by atoms with van der Waals surface area (Å²) in [4.78, 5) is 4.47. The lowest BCUT2D eigenvalue weighted by Crippen LogP contribution is -2.05. The van der Waals surface area contributed by atoms with Crippen molar-refractivity contribution in [3.05, 3.63) is 35.0 Å². The van der Waals surface area contributed by atoms with Gasteiger partial charge in [0.1, 0.15) is 5.52 Å². The molecular formula is C14H16ClN5. The highest BCUT2D eigenvalue weighted by Crippen LogP contribution is 2.29. The minimum absolute atomic E-state index is 0.429. The molecular weight excluding hydrogens is 274 g/mol. The number of aromatic nitrogens is 4. The van der Waals surface area contributed by atoms with Gasteiger partial charge in [-0.15, -0.1) is 0 Å². The number of para-hydroxylation sites is 1. The Morgan fingerprint density at radius 1 is 1.30 bits per heavy atom. The number of benzene rings is 1. The molecule has 0 amide bonds. The first-order valence-corrected chi connectivity index (χ1v) is 6.96. The first-order valence-electron chi connectivity index (χ1n) is 6.58. The van der Waals surface area contributed by atoms with Gasteiger partial charge in [-0.05, 0) is 18.6 Å². The molecule has 0 saturated heterocycles. The van der Waals surface area contributed by atoms with E-state index in [-0.39, 0.29) is 0 Å². The van der Waals surface area contributed by atoms with Gasteiger partial charge in [-0.1, -0.05) is 37.1 Å². The third-order valence-electron chi connectivity index (χ3n) is 3.31. The summed E-state index contributed by atoms with van der Waals surface area (Å²) in [5.74, 6) is 0.429. The molecule has 0 aliphatic carbocycles. The second kappa shape index (κ2) is 4.83. The first kappa shape index (κ1) is 13.0. The lowest BCUT2D eigenvalue weighted by atomic mass is 10.2. The van der Waals surface area contributed by atoms with Crippen molar-refractivity contribution in [3.8, 4) is 5.69 Å². The largest absolute Gasteiger partial charge is 0.369 e. The SMILES string of the molecule is CCCc1nn(C)c2c1nc(N)n2-c1ccccc1Cl. The van der Waals surface area contributed by atoms with Crippen LogP contribution >= 0.6 is 11.6 Å². The fourth-order valence-electron chi connectivity index (χ4n) is 2.47. The van der Waals surface area contributed by atoms with Crippen molar-refractivity contribution in [2.45, 2.75) is 19.8 Å². The second-order valence-corrected chi connectivity index (χ2v) is 5.16. The number of fused-ring (bicyclic) bond motifs is 1. The number of aryl methyl sites for hydroxylation is 2. The maximum Gasteiger partial charge on any atom is 0.207 e. The highest BCUT2D eigenvalue weighted by molar-refractivity contribution is 6.32. The third-order valence-corrected chi connectivity index (χ3v) is 3.63. The minimum atomic E-state index is 0.429. The molecule has 2 heterocycles. The number of rotatable bonds is 3. The molecule has 104 valence electrons. The van der Waals surface area contributed by atoms with Crippen molar-refractivity contribution in [1.29, 1.82) is 0 Å². The zero-order valence-corrected chi connectivity index (χ0v) is 12.2. The van der Waals surface area contributed by atoms with Gasteiger partial charge >= 0.3 is 0 Å². The van der Waals surface area contributed by atoms with E-state index < -0.39 is 0 Å². The topological polar surface area (TPSA) is 61.7 Å². The van der Waals surface area contributed by atoms with E-state index in [9.17, 15) is 0 Å². The molecule has 20 heavy (non-hydrogen) atoms. The summed E-state index contributed by atoms with van der Waals surface area (Å²) in [6, 6.07) is 7.58. The number of anilines is 1. The zero-order valence-electron chi connectivity index (χ0n) is 11.5. The normalized spacial score (nSPS) is 11.3. The summed E-state index contributed by atoms with van der Waals surface area (Å²) in [7, 11) is 1.90. The fraction of sp³-hybridized carbons (Fsp3) is 0.286. The third kappa shape index (κ3) is 1.86. The molecule has 0 aliphatic heterocycles. The number of nitrogen functional groups attached to an aromatic ring is 1. The molecule has 5 nitrogen and oxygen atoms in total. The smallest absolute Gasteiger partial charge is 0.207 e. The molecule has 0 atom stereocenters. The molecule has 0 saturated carbocycles. The van der Waals surface area contributed by atoms with Crippen LogP contribution in [0.1, 0.15) is 19.0 Å². The Labute approximate surface area is 122 Å². The van der Waals surface area contributed by atoms with Crippen LogP contribution in [0, 0.1) is 0 Å². The Bertz CT molecular complexity index is 771. The van der Waals surface area contributed by atoms with Crippen LogP contribution in [0.15, 0.2) is 24.3 Å². The van der Waals surface area contributed by atoms with Crippen molar-refractivity contribution >= 4 is 28.7 Å². The van der Waals surface area contributed by atoms with Crippen molar-refractivity contribution in [3.63, 3.8) is 0 Å². The zero-order chi connectivity index (χ0) is 14.3. The van der Waals surface area contributed by atoms with E-state index in [0.717, 1.165) is 35.4 Å². The molecule has 6 heteroatoms. The van der Waals surface area contributed by atoms with Crippen LogP contribution in [0.4, 0.5) is 5.95 Å². The van der Waals surface area contributed by atoms with Crippen molar-refractivity contribution in [2.24, 2.45) is 7.05 Å². The highest BCUT2D eigenvalue weighted by atomic mass is 35.5. The quantitative estimate of drug-likeness (QED) is 0.806. The summed E-state index contributed by atoms with van der Waals surface area (Å²) >= 11 is 6.27. The van der Waals surface area contributed by atoms with Crippen LogP contribution in [0.2, 0.25) is 5.02 Å². The number of hydrogen-bond donors (Lipinski definition) is 1. The fourth-order valence-corrected chi connectivity index (χ4v) is 2.69. The van der Waals surface area contributed by atoms with Gasteiger partial charge in [-0.3, -0.25) is 4.57 Å². The molecule has 3 rings (SSSR count). The van der Waals surface area contributed by atoms with Crippen LogP contribution in [-0.2, 0) is 13.5 Å². The van der Waals surface area contributed by atoms with E-state index in [2.05, 4.69) is 17.0 Å². The van der Waals surface area contributed by atoms with Crippen LogP contribution in [0.25, 0.3) is 16.9 Å². The maximum absolute atomic E-state index is 6.27. The van der Waals surface area contributed by atoms with Crippen molar-refractivity contribution in [2.75, 3.05) is 5.73 Å². The van der Waals surface area contributed by atoms with Gasteiger partial charge in [0, 0.05) is 7.05 Å². The Hall–Kier alpha value is -2.01. The van der Waals surface area contributed by atoms with E-state index in [1.54, 1.807) is 0 Å². The summed E-state index contributed by atoms with van der Waals surface area (Å²) in [6.45, 7) is 2.12. The van der Waals surface area contributed by atoms with Crippen LogP contribution in [0.5, 0.6) is 0 Å². The summed E-state index contributed by atoms with van der Waals surface area (Å²) < 4.78 is 3.66. The van der Waals surface area contributed by atoms with Gasteiger partial charge in [0.2, 0.25) is 5.95 Å². The van der Waals surface area contributed by atoms with E-state index in [0.29, 0.717) is 11.0 Å². The van der Waals surface area contributed by atoms with Crippen molar-refractivity contribution < 1.29 is 0 Å². The van der Waals surface area contributed by atoms with Crippen LogP contribution in [-0.4, -0.2) is 19.3 Å². The molecule has 0 fully saturated rings. The van der Waals surface area contributed by atoms with Gasteiger partial charge < -0.3 is 5.73 Å². The minimum Gasteiger partial charge on any atom is -0.369 e. The summed E-state index contributed by atoms with van der Waals surface area (Å²) in [5, 5.41) is 5.17. The molecule has 0 aliphatic rings. The molecule has 0 radical (unpaired) electrons. The second-order valence-electron chi connectivity index (χ2n) is 4.75. The number of nitrogens with zero attached hydrogens (tertiary/aromatic N) is 4. The number of imidazole rings is 1. The van der Waals surface area contributed by atoms with E-state index >= 15 is 0 Å². The molecule has 1 aromatic carbocycles. The predicted octanol–water partition coefficient (Wildman–Crippen LogP) is 2.95. The van der Waals surface area contributed by atoms with Gasteiger partial charge in [0.25, 0.3) is 0 Å².